The molecule has 1 unspecified atom stereocenters. The largest absolute Gasteiger partial charge is 0.490 e. The highest BCUT2D eigenvalue weighted by atomic mass is 19.1. The maximum atomic E-state index is 13.9. The standard InChI is InChI=1S/C17H16F2O2/c1-10-7-14(16(19)9-15(10)18)17(20)11-3-2-4-13(8-11)21-12-5-6-12/h2-4,7-9,12,17,20H,5-6H2,1H3. The number of aryl methyl sites for hydroxylation is 1. The minimum absolute atomic E-state index is 0.0671. The van der Waals surface area contributed by atoms with Crippen LogP contribution in [0.1, 0.15) is 35.6 Å². The van der Waals surface area contributed by atoms with Crippen LogP contribution in [0.3, 0.4) is 0 Å². The summed E-state index contributed by atoms with van der Waals surface area (Å²) in [7, 11) is 0. The summed E-state index contributed by atoms with van der Waals surface area (Å²) in [6.07, 6.45) is 1.19. The Balaban J connectivity index is 1.90. The topological polar surface area (TPSA) is 29.5 Å². The molecule has 0 aliphatic heterocycles. The monoisotopic (exact) mass is 290 g/mol. The second kappa shape index (κ2) is 5.45. The summed E-state index contributed by atoms with van der Waals surface area (Å²) in [5.74, 6) is -0.707. The first kappa shape index (κ1) is 14.0. The lowest BCUT2D eigenvalue weighted by Crippen LogP contribution is -2.05. The molecule has 0 saturated heterocycles. The van der Waals surface area contributed by atoms with E-state index in [0.717, 1.165) is 18.9 Å². The summed E-state index contributed by atoms with van der Waals surface area (Å²) in [5, 5.41) is 10.3. The van der Waals surface area contributed by atoms with Gasteiger partial charge < -0.3 is 9.84 Å². The molecule has 21 heavy (non-hydrogen) atoms. The minimum atomic E-state index is -1.15. The molecule has 0 amide bonds. The van der Waals surface area contributed by atoms with Crippen LogP contribution < -0.4 is 4.74 Å². The van der Waals surface area contributed by atoms with Gasteiger partial charge >= 0.3 is 0 Å². The molecule has 1 fully saturated rings. The van der Waals surface area contributed by atoms with Gasteiger partial charge in [-0.3, -0.25) is 0 Å². The van der Waals surface area contributed by atoms with Gasteiger partial charge in [0, 0.05) is 11.6 Å². The molecule has 1 aliphatic rings. The molecular weight excluding hydrogens is 274 g/mol. The van der Waals surface area contributed by atoms with Gasteiger partial charge in [-0.25, -0.2) is 8.78 Å². The summed E-state index contributed by atoms with van der Waals surface area (Å²) >= 11 is 0. The van der Waals surface area contributed by atoms with Crippen LogP contribution in [-0.4, -0.2) is 11.2 Å². The number of aliphatic hydroxyl groups is 1. The van der Waals surface area contributed by atoms with Crippen LogP contribution in [0.5, 0.6) is 5.75 Å². The first-order chi connectivity index (χ1) is 10.0. The Kier molecular flexibility index (Phi) is 3.64. The van der Waals surface area contributed by atoms with E-state index < -0.39 is 17.7 Å². The van der Waals surface area contributed by atoms with Gasteiger partial charge in [-0.1, -0.05) is 12.1 Å². The number of hydrogen-bond acceptors (Lipinski definition) is 2. The molecule has 0 spiro atoms. The molecule has 2 nitrogen and oxygen atoms in total. The van der Waals surface area contributed by atoms with Crippen molar-refractivity contribution in [2.45, 2.75) is 32.0 Å². The van der Waals surface area contributed by atoms with Crippen molar-refractivity contribution in [1.82, 2.24) is 0 Å². The van der Waals surface area contributed by atoms with Crippen molar-refractivity contribution in [3.05, 3.63) is 64.7 Å². The van der Waals surface area contributed by atoms with Gasteiger partial charge in [0.15, 0.2) is 0 Å². The van der Waals surface area contributed by atoms with Crippen molar-refractivity contribution >= 4 is 0 Å². The molecule has 1 N–H and O–H groups in total. The lowest BCUT2D eigenvalue weighted by Gasteiger charge is -2.15. The highest BCUT2D eigenvalue weighted by molar-refractivity contribution is 5.37. The number of hydrogen-bond donors (Lipinski definition) is 1. The van der Waals surface area contributed by atoms with E-state index in [-0.39, 0.29) is 11.7 Å². The summed E-state index contributed by atoms with van der Waals surface area (Å²) in [4.78, 5) is 0. The van der Waals surface area contributed by atoms with Crippen LogP contribution in [0, 0.1) is 18.6 Å². The summed E-state index contributed by atoms with van der Waals surface area (Å²) in [5.41, 5.74) is 0.895. The molecule has 1 aliphatic carbocycles. The van der Waals surface area contributed by atoms with Crippen LogP contribution in [-0.2, 0) is 0 Å². The van der Waals surface area contributed by atoms with E-state index in [0.29, 0.717) is 16.9 Å². The summed E-state index contributed by atoms with van der Waals surface area (Å²) in [6, 6.07) is 9.09. The zero-order valence-electron chi connectivity index (χ0n) is 11.6. The molecule has 0 aromatic heterocycles. The third kappa shape index (κ3) is 3.05. The lowest BCUT2D eigenvalue weighted by atomic mass is 9.99. The van der Waals surface area contributed by atoms with Gasteiger partial charge in [-0.2, -0.15) is 0 Å². The molecule has 1 saturated carbocycles. The number of halogens is 2. The Morgan fingerprint density at radius 2 is 1.90 bits per heavy atom. The molecular formula is C17H16F2O2. The van der Waals surface area contributed by atoms with Gasteiger partial charge in [0.1, 0.15) is 23.5 Å². The predicted octanol–water partition coefficient (Wildman–Crippen LogP) is 3.90. The van der Waals surface area contributed by atoms with Gasteiger partial charge in [0.25, 0.3) is 0 Å². The van der Waals surface area contributed by atoms with E-state index in [1.807, 2.05) is 0 Å². The van der Waals surface area contributed by atoms with E-state index in [4.69, 9.17) is 4.74 Å². The molecule has 4 heteroatoms. The molecule has 0 radical (unpaired) electrons. The maximum absolute atomic E-state index is 13.9. The van der Waals surface area contributed by atoms with Crippen molar-refractivity contribution < 1.29 is 18.6 Å². The Bertz CT molecular complexity index is 666. The third-order valence-corrected chi connectivity index (χ3v) is 3.57. The SMILES string of the molecule is Cc1cc(C(O)c2cccc(OC3CC3)c2)c(F)cc1F. The third-order valence-electron chi connectivity index (χ3n) is 3.57. The smallest absolute Gasteiger partial charge is 0.132 e. The summed E-state index contributed by atoms with van der Waals surface area (Å²) < 4.78 is 32.8. The van der Waals surface area contributed by atoms with Crippen molar-refractivity contribution in [3.8, 4) is 5.75 Å². The van der Waals surface area contributed by atoms with Gasteiger partial charge in [0.2, 0.25) is 0 Å². The molecule has 1 atom stereocenters. The van der Waals surface area contributed by atoms with Crippen molar-refractivity contribution in [3.63, 3.8) is 0 Å². The van der Waals surface area contributed by atoms with Crippen molar-refractivity contribution in [1.29, 1.82) is 0 Å². The quantitative estimate of drug-likeness (QED) is 0.925. The number of aliphatic hydroxyl groups excluding tert-OH is 1. The number of ether oxygens (including phenoxy) is 1. The van der Waals surface area contributed by atoms with E-state index in [2.05, 4.69) is 0 Å². The molecule has 2 aromatic rings. The molecule has 0 heterocycles. The molecule has 0 bridgehead atoms. The van der Waals surface area contributed by atoms with Crippen LogP contribution in [0.4, 0.5) is 8.78 Å². The second-order valence-corrected chi connectivity index (χ2v) is 5.42. The second-order valence-electron chi connectivity index (χ2n) is 5.42. The first-order valence-corrected chi connectivity index (χ1v) is 6.95. The van der Waals surface area contributed by atoms with Gasteiger partial charge in [-0.15, -0.1) is 0 Å². The highest BCUT2D eigenvalue weighted by Gasteiger charge is 2.24. The van der Waals surface area contributed by atoms with Gasteiger partial charge in [-0.05, 0) is 49.1 Å². The molecule has 3 rings (SSSR count). The fourth-order valence-corrected chi connectivity index (χ4v) is 2.20. The summed E-state index contributed by atoms with van der Waals surface area (Å²) in [6.45, 7) is 1.54. The lowest BCUT2D eigenvalue weighted by molar-refractivity contribution is 0.213. The van der Waals surface area contributed by atoms with Crippen LogP contribution in [0.15, 0.2) is 36.4 Å². The van der Waals surface area contributed by atoms with E-state index in [1.54, 1.807) is 24.3 Å². The zero-order valence-corrected chi connectivity index (χ0v) is 11.6. The van der Waals surface area contributed by atoms with E-state index >= 15 is 0 Å². The van der Waals surface area contributed by atoms with Crippen LogP contribution >= 0.6 is 0 Å². The predicted molar refractivity (Wildman–Crippen MR) is 75.2 cm³/mol. The Labute approximate surface area is 122 Å². The fourth-order valence-electron chi connectivity index (χ4n) is 2.20. The average molecular weight is 290 g/mol. The molecule has 110 valence electrons. The van der Waals surface area contributed by atoms with Crippen LogP contribution in [0.25, 0.3) is 0 Å². The fraction of sp³-hybridized carbons (Fsp3) is 0.294. The first-order valence-electron chi connectivity index (χ1n) is 6.95. The molecule has 2 aromatic carbocycles. The van der Waals surface area contributed by atoms with E-state index in [9.17, 15) is 13.9 Å². The highest BCUT2D eigenvalue weighted by Crippen LogP contribution is 2.31. The number of rotatable bonds is 4. The van der Waals surface area contributed by atoms with Crippen molar-refractivity contribution in [2.24, 2.45) is 0 Å². The Hall–Kier alpha value is -1.94. The van der Waals surface area contributed by atoms with Gasteiger partial charge in [0.05, 0.1) is 6.10 Å². The Morgan fingerprint density at radius 3 is 2.62 bits per heavy atom. The normalized spacial score (nSPS) is 15.8. The minimum Gasteiger partial charge on any atom is -0.490 e. The van der Waals surface area contributed by atoms with Crippen molar-refractivity contribution in [2.75, 3.05) is 0 Å². The van der Waals surface area contributed by atoms with E-state index in [1.165, 1.54) is 13.0 Å². The Morgan fingerprint density at radius 1 is 1.14 bits per heavy atom. The number of benzene rings is 2. The zero-order chi connectivity index (χ0) is 15.0. The maximum Gasteiger partial charge on any atom is 0.132 e. The average Bonchev–Trinajstić information content (AvgIpc) is 3.26. The van der Waals surface area contributed by atoms with Crippen LogP contribution in [0.2, 0.25) is 0 Å².